The number of halogens is 1. The Morgan fingerprint density at radius 1 is 1.33 bits per heavy atom. The number of rotatable bonds is 3. The lowest BCUT2D eigenvalue weighted by Gasteiger charge is -2.26. The molecule has 0 amide bonds. The molecule has 0 spiro atoms. The molecule has 1 aromatic rings. The van der Waals surface area contributed by atoms with E-state index in [-0.39, 0.29) is 11.5 Å². The Balaban J connectivity index is 2.34. The molecule has 0 radical (unpaired) electrons. The lowest BCUT2D eigenvalue weighted by atomic mass is 10.2. The molecule has 2 rings (SSSR count). The number of sulfonamides is 1. The molecule has 0 aliphatic carbocycles. The second-order valence-corrected chi connectivity index (χ2v) is 7.92. The van der Waals surface area contributed by atoms with Crippen molar-refractivity contribution in [1.29, 1.82) is 0 Å². The molecule has 0 unspecified atom stereocenters. The molecule has 1 N–H and O–H groups in total. The van der Waals surface area contributed by atoms with Gasteiger partial charge in [-0.05, 0) is 33.6 Å². The fourth-order valence-electron chi connectivity index (χ4n) is 1.78. The largest absolute Gasteiger partial charge is 0.392 e. The van der Waals surface area contributed by atoms with Crippen molar-refractivity contribution in [2.24, 2.45) is 0 Å². The summed E-state index contributed by atoms with van der Waals surface area (Å²) in [4.78, 5) is 0.270. The maximum atomic E-state index is 12.4. The Labute approximate surface area is 120 Å². The molecule has 0 bridgehead atoms. The van der Waals surface area contributed by atoms with E-state index >= 15 is 0 Å². The van der Waals surface area contributed by atoms with Crippen LogP contribution >= 0.6 is 27.7 Å². The average Bonchev–Trinajstić information content (AvgIpc) is 2.39. The molecule has 0 atom stereocenters. The first-order chi connectivity index (χ1) is 8.55. The van der Waals surface area contributed by atoms with E-state index in [1.165, 1.54) is 4.31 Å². The Hall–Kier alpha value is -0.0800. The number of nitrogens with zero attached hydrogens (tertiary/aromatic N) is 1. The molecule has 7 heteroatoms. The average molecular weight is 352 g/mol. The zero-order chi connectivity index (χ0) is 13.2. The summed E-state index contributed by atoms with van der Waals surface area (Å²) in [5, 5.41) is 9.02. The molecular formula is C11H14BrNO3S2. The van der Waals surface area contributed by atoms with E-state index in [9.17, 15) is 8.42 Å². The highest BCUT2D eigenvalue weighted by atomic mass is 79.9. The topological polar surface area (TPSA) is 57.6 Å². The van der Waals surface area contributed by atoms with E-state index in [1.807, 2.05) is 0 Å². The molecule has 4 nitrogen and oxygen atoms in total. The first-order valence-corrected chi connectivity index (χ1v) is 8.91. The van der Waals surface area contributed by atoms with Gasteiger partial charge in [-0.3, -0.25) is 0 Å². The fourth-order valence-corrected chi connectivity index (χ4v) is 5.44. The molecule has 1 fully saturated rings. The summed E-state index contributed by atoms with van der Waals surface area (Å²) >= 11 is 5.04. The Bertz CT molecular complexity index is 527. The van der Waals surface area contributed by atoms with Gasteiger partial charge in [0.15, 0.2) is 0 Å². The number of benzene rings is 1. The van der Waals surface area contributed by atoms with Crippen molar-refractivity contribution in [3.8, 4) is 0 Å². The van der Waals surface area contributed by atoms with Crippen LogP contribution in [0.25, 0.3) is 0 Å². The van der Waals surface area contributed by atoms with Crippen LogP contribution in [0.2, 0.25) is 0 Å². The van der Waals surface area contributed by atoms with Gasteiger partial charge in [0.25, 0.3) is 0 Å². The summed E-state index contributed by atoms with van der Waals surface area (Å²) in [6.45, 7) is 1.02. The van der Waals surface area contributed by atoms with Crippen LogP contribution in [0.3, 0.4) is 0 Å². The smallest absolute Gasteiger partial charge is 0.244 e. The minimum Gasteiger partial charge on any atom is -0.392 e. The van der Waals surface area contributed by atoms with Gasteiger partial charge in [-0.1, -0.05) is 6.07 Å². The minimum atomic E-state index is -3.43. The SMILES string of the molecule is O=S(=O)(c1ccc(CO)cc1Br)N1CCSCC1. The van der Waals surface area contributed by atoms with E-state index in [4.69, 9.17) is 5.11 Å². The van der Waals surface area contributed by atoms with Gasteiger partial charge in [0, 0.05) is 29.1 Å². The molecule has 1 saturated heterocycles. The van der Waals surface area contributed by atoms with E-state index in [2.05, 4.69) is 15.9 Å². The summed E-state index contributed by atoms with van der Waals surface area (Å²) in [5.74, 6) is 1.68. The molecule has 1 aliphatic heterocycles. The van der Waals surface area contributed by atoms with Crippen molar-refractivity contribution in [1.82, 2.24) is 4.31 Å². The zero-order valence-corrected chi connectivity index (χ0v) is 12.9. The third-order valence-electron chi connectivity index (χ3n) is 2.77. The van der Waals surface area contributed by atoms with Gasteiger partial charge < -0.3 is 5.11 Å². The second kappa shape index (κ2) is 5.92. The molecule has 100 valence electrons. The van der Waals surface area contributed by atoms with Crippen LogP contribution in [0.15, 0.2) is 27.6 Å². The summed E-state index contributed by atoms with van der Waals surface area (Å²) in [6.07, 6.45) is 0. The van der Waals surface area contributed by atoms with Gasteiger partial charge in [-0.25, -0.2) is 8.42 Å². The van der Waals surface area contributed by atoms with E-state index < -0.39 is 10.0 Å². The van der Waals surface area contributed by atoms with Gasteiger partial charge >= 0.3 is 0 Å². The summed E-state index contributed by atoms with van der Waals surface area (Å²) in [5.41, 5.74) is 0.690. The van der Waals surface area contributed by atoms with E-state index in [0.717, 1.165) is 11.5 Å². The standard InChI is InChI=1S/C11H14BrNO3S2/c12-10-7-9(8-14)1-2-11(10)18(15,16)13-3-5-17-6-4-13/h1-2,7,14H,3-6,8H2. The quantitative estimate of drug-likeness (QED) is 0.899. The van der Waals surface area contributed by atoms with E-state index in [0.29, 0.717) is 23.1 Å². The Kier molecular flexibility index (Phi) is 4.71. The molecule has 1 heterocycles. The highest BCUT2D eigenvalue weighted by Gasteiger charge is 2.27. The Morgan fingerprint density at radius 2 is 2.00 bits per heavy atom. The van der Waals surface area contributed by atoms with Crippen LogP contribution in [0.4, 0.5) is 0 Å². The summed E-state index contributed by atoms with van der Waals surface area (Å²) < 4.78 is 26.9. The Morgan fingerprint density at radius 3 is 2.56 bits per heavy atom. The molecule has 1 aromatic carbocycles. The van der Waals surface area contributed by atoms with Crippen LogP contribution in [0.5, 0.6) is 0 Å². The first-order valence-electron chi connectivity index (χ1n) is 5.53. The van der Waals surface area contributed by atoms with Crippen molar-refractivity contribution in [2.45, 2.75) is 11.5 Å². The van der Waals surface area contributed by atoms with E-state index in [1.54, 1.807) is 30.0 Å². The molecule has 18 heavy (non-hydrogen) atoms. The van der Waals surface area contributed by atoms with Crippen molar-refractivity contribution in [2.75, 3.05) is 24.6 Å². The zero-order valence-electron chi connectivity index (χ0n) is 9.67. The third kappa shape index (κ3) is 2.91. The highest BCUT2D eigenvalue weighted by molar-refractivity contribution is 9.10. The number of hydrogen-bond donors (Lipinski definition) is 1. The van der Waals surface area contributed by atoms with Crippen molar-refractivity contribution < 1.29 is 13.5 Å². The van der Waals surface area contributed by atoms with Gasteiger partial charge in [0.1, 0.15) is 0 Å². The monoisotopic (exact) mass is 351 g/mol. The van der Waals surface area contributed by atoms with Crippen molar-refractivity contribution >= 4 is 37.7 Å². The van der Waals surface area contributed by atoms with Crippen LogP contribution < -0.4 is 0 Å². The second-order valence-electron chi connectivity index (χ2n) is 3.94. The molecule has 0 aromatic heterocycles. The predicted molar refractivity (Wildman–Crippen MR) is 76.1 cm³/mol. The molecule has 1 aliphatic rings. The maximum absolute atomic E-state index is 12.4. The van der Waals surface area contributed by atoms with Crippen LogP contribution in [-0.4, -0.2) is 42.4 Å². The number of thioether (sulfide) groups is 1. The summed E-state index contributed by atoms with van der Waals surface area (Å²) in [6, 6.07) is 4.83. The van der Waals surface area contributed by atoms with Gasteiger partial charge in [0.2, 0.25) is 10.0 Å². The molecule has 0 saturated carbocycles. The lowest BCUT2D eigenvalue weighted by Crippen LogP contribution is -2.38. The first kappa shape index (κ1) is 14.3. The number of hydrogen-bond acceptors (Lipinski definition) is 4. The van der Waals surface area contributed by atoms with Gasteiger partial charge in [0.05, 0.1) is 11.5 Å². The van der Waals surface area contributed by atoms with Crippen molar-refractivity contribution in [3.63, 3.8) is 0 Å². The predicted octanol–water partition coefficient (Wildman–Crippen LogP) is 1.68. The minimum absolute atomic E-state index is 0.0979. The number of aliphatic hydroxyl groups excluding tert-OH is 1. The number of aliphatic hydroxyl groups is 1. The summed E-state index contributed by atoms with van der Waals surface area (Å²) in [7, 11) is -3.43. The highest BCUT2D eigenvalue weighted by Crippen LogP contribution is 2.27. The van der Waals surface area contributed by atoms with Gasteiger partial charge in [-0.2, -0.15) is 16.1 Å². The molecular weight excluding hydrogens is 338 g/mol. The van der Waals surface area contributed by atoms with Crippen LogP contribution in [-0.2, 0) is 16.6 Å². The maximum Gasteiger partial charge on any atom is 0.244 e. The lowest BCUT2D eigenvalue weighted by molar-refractivity contribution is 0.281. The van der Waals surface area contributed by atoms with Crippen molar-refractivity contribution in [3.05, 3.63) is 28.2 Å². The third-order valence-corrected chi connectivity index (χ3v) is 6.58. The normalized spacial score (nSPS) is 17.9. The van der Waals surface area contributed by atoms with Gasteiger partial charge in [-0.15, -0.1) is 0 Å². The van der Waals surface area contributed by atoms with Crippen LogP contribution in [0, 0.1) is 0 Å². The van der Waals surface area contributed by atoms with Crippen LogP contribution in [0.1, 0.15) is 5.56 Å². The fraction of sp³-hybridized carbons (Fsp3) is 0.455.